The van der Waals surface area contributed by atoms with Crippen LogP contribution >= 0.6 is 0 Å². The second kappa shape index (κ2) is 7.08. The molecular formula is C18H28N2O. The number of hydrogen-bond acceptors (Lipinski definition) is 2. The van der Waals surface area contributed by atoms with E-state index in [1.54, 1.807) is 0 Å². The van der Waals surface area contributed by atoms with E-state index in [1.165, 1.54) is 16.7 Å². The van der Waals surface area contributed by atoms with E-state index in [0.717, 1.165) is 32.4 Å². The van der Waals surface area contributed by atoms with Crippen LogP contribution in [0.4, 0.5) is 0 Å². The Morgan fingerprint density at radius 2 is 2.00 bits per heavy atom. The van der Waals surface area contributed by atoms with Crippen molar-refractivity contribution in [1.29, 1.82) is 0 Å². The molecule has 1 aromatic rings. The second-order valence-electron chi connectivity index (χ2n) is 6.41. The zero-order valence-electron chi connectivity index (χ0n) is 13.8. The van der Waals surface area contributed by atoms with Crippen molar-refractivity contribution in [3.8, 4) is 0 Å². The number of likely N-dealkylation sites (tertiary alicyclic amines) is 1. The molecule has 0 radical (unpaired) electrons. The fourth-order valence-corrected chi connectivity index (χ4v) is 3.18. The summed E-state index contributed by atoms with van der Waals surface area (Å²) >= 11 is 0. The maximum absolute atomic E-state index is 12.5. The van der Waals surface area contributed by atoms with Gasteiger partial charge in [-0.1, -0.05) is 30.7 Å². The van der Waals surface area contributed by atoms with Crippen LogP contribution in [0, 0.1) is 19.8 Å². The summed E-state index contributed by atoms with van der Waals surface area (Å²) in [6, 6.07) is 6.62. The first-order valence-electron chi connectivity index (χ1n) is 8.07. The van der Waals surface area contributed by atoms with Gasteiger partial charge in [-0.25, -0.2) is 0 Å². The molecule has 1 atom stereocenters. The van der Waals surface area contributed by atoms with E-state index < -0.39 is 0 Å². The number of benzene rings is 1. The summed E-state index contributed by atoms with van der Waals surface area (Å²) in [7, 11) is 2.12. The number of piperidine rings is 1. The molecular weight excluding hydrogens is 260 g/mol. The predicted molar refractivity (Wildman–Crippen MR) is 87.3 cm³/mol. The van der Waals surface area contributed by atoms with Crippen LogP contribution in [-0.4, -0.2) is 30.9 Å². The molecule has 1 fully saturated rings. The predicted octanol–water partition coefficient (Wildman–Crippen LogP) is 3.21. The standard InChI is InChI=1S/C18H28N2O/c1-5-17(16-7-6-13(2)12-14(16)3)19-18(21)15-8-10-20(4)11-9-15/h6-7,12,15,17H,5,8-11H2,1-4H3,(H,19,21)/t17-/m0/s1. The Morgan fingerprint density at radius 1 is 1.33 bits per heavy atom. The molecule has 116 valence electrons. The molecule has 1 aromatic carbocycles. The van der Waals surface area contributed by atoms with Crippen LogP contribution in [0.2, 0.25) is 0 Å². The maximum atomic E-state index is 12.5. The maximum Gasteiger partial charge on any atom is 0.223 e. The second-order valence-corrected chi connectivity index (χ2v) is 6.41. The lowest BCUT2D eigenvalue weighted by molar-refractivity contribution is -0.127. The first-order chi connectivity index (χ1) is 10.0. The first-order valence-corrected chi connectivity index (χ1v) is 8.07. The highest BCUT2D eigenvalue weighted by atomic mass is 16.1. The Bertz CT molecular complexity index is 490. The summed E-state index contributed by atoms with van der Waals surface area (Å²) in [5.74, 6) is 0.413. The minimum atomic E-state index is 0.137. The van der Waals surface area contributed by atoms with E-state index in [0.29, 0.717) is 0 Å². The summed E-state index contributed by atoms with van der Waals surface area (Å²) in [4.78, 5) is 14.8. The van der Waals surface area contributed by atoms with E-state index in [-0.39, 0.29) is 17.9 Å². The summed E-state index contributed by atoms with van der Waals surface area (Å²) in [6.07, 6.45) is 2.89. The van der Waals surface area contributed by atoms with Crippen molar-refractivity contribution < 1.29 is 4.79 Å². The van der Waals surface area contributed by atoms with Gasteiger partial charge in [0, 0.05) is 5.92 Å². The van der Waals surface area contributed by atoms with Crippen LogP contribution in [0.3, 0.4) is 0 Å². The molecule has 1 amide bonds. The molecule has 1 aliphatic heterocycles. The number of nitrogens with one attached hydrogen (secondary N) is 1. The molecule has 1 aliphatic rings. The molecule has 0 aliphatic carbocycles. The van der Waals surface area contributed by atoms with E-state index in [1.807, 2.05) is 0 Å². The number of aryl methyl sites for hydroxylation is 2. The third kappa shape index (κ3) is 4.07. The number of rotatable bonds is 4. The molecule has 2 rings (SSSR count). The van der Waals surface area contributed by atoms with Crippen LogP contribution < -0.4 is 5.32 Å². The van der Waals surface area contributed by atoms with Crippen molar-refractivity contribution in [3.05, 3.63) is 34.9 Å². The lowest BCUT2D eigenvalue weighted by Crippen LogP contribution is -2.40. The van der Waals surface area contributed by atoms with Crippen molar-refractivity contribution >= 4 is 5.91 Å². The van der Waals surface area contributed by atoms with Crippen LogP contribution in [0.25, 0.3) is 0 Å². The van der Waals surface area contributed by atoms with Gasteiger partial charge in [-0.05, 0) is 64.4 Å². The summed E-state index contributed by atoms with van der Waals surface area (Å²) in [5.41, 5.74) is 3.79. The van der Waals surface area contributed by atoms with Gasteiger partial charge in [0.05, 0.1) is 6.04 Å². The molecule has 1 heterocycles. The van der Waals surface area contributed by atoms with E-state index in [2.05, 4.69) is 56.2 Å². The summed E-state index contributed by atoms with van der Waals surface area (Å²) in [6.45, 7) is 8.43. The summed E-state index contributed by atoms with van der Waals surface area (Å²) < 4.78 is 0. The average Bonchev–Trinajstić information content (AvgIpc) is 2.46. The Labute approximate surface area is 128 Å². The van der Waals surface area contributed by atoms with Crippen molar-refractivity contribution in [2.45, 2.75) is 46.1 Å². The number of hydrogen-bond donors (Lipinski definition) is 1. The van der Waals surface area contributed by atoms with Gasteiger partial charge >= 0.3 is 0 Å². The SMILES string of the molecule is CC[C@H](NC(=O)C1CCN(C)CC1)c1ccc(C)cc1C. The van der Waals surface area contributed by atoms with Crippen LogP contribution in [0.5, 0.6) is 0 Å². The monoisotopic (exact) mass is 288 g/mol. The van der Waals surface area contributed by atoms with Crippen molar-refractivity contribution in [1.82, 2.24) is 10.2 Å². The lowest BCUT2D eigenvalue weighted by Gasteiger charge is -2.30. The molecule has 3 nitrogen and oxygen atoms in total. The van der Waals surface area contributed by atoms with Gasteiger partial charge in [-0.3, -0.25) is 4.79 Å². The van der Waals surface area contributed by atoms with Gasteiger partial charge in [0.25, 0.3) is 0 Å². The van der Waals surface area contributed by atoms with Crippen molar-refractivity contribution in [3.63, 3.8) is 0 Å². The molecule has 3 heteroatoms. The third-order valence-electron chi connectivity index (χ3n) is 4.61. The number of amides is 1. The quantitative estimate of drug-likeness (QED) is 0.922. The third-order valence-corrected chi connectivity index (χ3v) is 4.61. The van der Waals surface area contributed by atoms with Gasteiger partial charge in [0.2, 0.25) is 5.91 Å². The van der Waals surface area contributed by atoms with E-state index in [9.17, 15) is 4.79 Å². The zero-order chi connectivity index (χ0) is 15.4. The van der Waals surface area contributed by atoms with Gasteiger partial charge in [0.15, 0.2) is 0 Å². The van der Waals surface area contributed by atoms with Gasteiger partial charge in [0.1, 0.15) is 0 Å². The highest BCUT2D eigenvalue weighted by Crippen LogP contribution is 2.23. The fraction of sp³-hybridized carbons (Fsp3) is 0.611. The molecule has 1 saturated heterocycles. The van der Waals surface area contributed by atoms with E-state index in [4.69, 9.17) is 0 Å². The molecule has 0 bridgehead atoms. The van der Waals surface area contributed by atoms with Crippen LogP contribution in [-0.2, 0) is 4.79 Å². The van der Waals surface area contributed by atoms with Gasteiger partial charge in [-0.2, -0.15) is 0 Å². The number of carbonyl (C=O) groups excluding carboxylic acids is 1. The molecule has 0 spiro atoms. The topological polar surface area (TPSA) is 32.3 Å². The Hall–Kier alpha value is -1.35. The normalized spacial score (nSPS) is 18.5. The highest BCUT2D eigenvalue weighted by molar-refractivity contribution is 5.79. The Morgan fingerprint density at radius 3 is 2.57 bits per heavy atom. The molecule has 0 unspecified atom stereocenters. The first kappa shape index (κ1) is 16.0. The smallest absolute Gasteiger partial charge is 0.223 e. The number of nitrogens with zero attached hydrogens (tertiary/aromatic N) is 1. The molecule has 0 saturated carbocycles. The van der Waals surface area contributed by atoms with Crippen molar-refractivity contribution in [2.75, 3.05) is 20.1 Å². The fourth-order valence-electron chi connectivity index (χ4n) is 3.18. The largest absolute Gasteiger partial charge is 0.349 e. The van der Waals surface area contributed by atoms with Crippen LogP contribution in [0.1, 0.15) is 48.9 Å². The van der Waals surface area contributed by atoms with Gasteiger partial charge < -0.3 is 10.2 Å². The molecule has 1 N–H and O–H groups in total. The average molecular weight is 288 g/mol. The minimum Gasteiger partial charge on any atom is -0.349 e. The van der Waals surface area contributed by atoms with Crippen LogP contribution in [0.15, 0.2) is 18.2 Å². The van der Waals surface area contributed by atoms with Crippen molar-refractivity contribution in [2.24, 2.45) is 5.92 Å². The lowest BCUT2D eigenvalue weighted by atomic mass is 9.93. The Balaban J connectivity index is 2.03. The van der Waals surface area contributed by atoms with Gasteiger partial charge in [-0.15, -0.1) is 0 Å². The number of carbonyl (C=O) groups is 1. The zero-order valence-corrected chi connectivity index (χ0v) is 13.8. The van der Waals surface area contributed by atoms with E-state index >= 15 is 0 Å². The Kier molecular flexibility index (Phi) is 5.40. The highest BCUT2D eigenvalue weighted by Gasteiger charge is 2.25. The minimum absolute atomic E-state index is 0.137. The molecule has 21 heavy (non-hydrogen) atoms. The summed E-state index contributed by atoms with van der Waals surface area (Å²) in [5, 5.41) is 3.27. The molecule has 0 aromatic heterocycles.